The van der Waals surface area contributed by atoms with Crippen molar-refractivity contribution in [2.24, 2.45) is 5.92 Å². The Hall–Kier alpha value is -3.38. The van der Waals surface area contributed by atoms with Gasteiger partial charge in [0.05, 0.1) is 17.2 Å². The van der Waals surface area contributed by atoms with Crippen molar-refractivity contribution in [2.45, 2.75) is 13.8 Å². The van der Waals surface area contributed by atoms with Crippen LogP contribution in [-0.4, -0.2) is 17.5 Å². The first-order chi connectivity index (χ1) is 14.9. The van der Waals surface area contributed by atoms with Gasteiger partial charge < -0.3 is 14.5 Å². The van der Waals surface area contributed by atoms with Crippen LogP contribution in [0.15, 0.2) is 65.1 Å². The van der Waals surface area contributed by atoms with Gasteiger partial charge in [-0.25, -0.2) is 9.37 Å². The Kier molecular flexibility index (Phi) is 5.91. The highest BCUT2D eigenvalue weighted by atomic mass is 35.5. The van der Waals surface area contributed by atoms with E-state index in [1.807, 2.05) is 6.07 Å². The topological polar surface area (TPSA) is 64.4 Å². The fourth-order valence-electron chi connectivity index (χ4n) is 2.98. The van der Waals surface area contributed by atoms with Crippen molar-refractivity contribution >= 4 is 34.3 Å². The molecule has 0 spiro atoms. The molecule has 5 nitrogen and oxygen atoms in total. The van der Waals surface area contributed by atoms with Gasteiger partial charge in [0, 0.05) is 11.3 Å². The maximum atomic E-state index is 13.3. The summed E-state index contributed by atoms with van der Waals surface area (Å²) in [5.74, 6) is 0.613. The highest BCUT2D eigenvalue weighted by Crippen LogP contribution is 2.31. The lowest BCUT2D eigenvalue weighted by molar-refractivity contribution is 0.102. The quantitative estimate of drug-likeness (QED) is 0.369. The van der Waals surface area contributed by atoms with Gasteiger partial charge in [0.2, 0.25) is 5.89 Å². The molecule has 0 saturated carbocycles. The van der Waals surface area contributed by atoms with Crippen LogP contribution in [-0.2, 0) is 0 Å². The van der Waals surface area contributed by atoms with Crippen molar-refractivity contribution in [3.63, 3.8) is 0 Å². The molecule has 4 aromatic rings. The van der Waals surface area contributed by atoms with Gasteiger partial charge in [0.1, 0.15) is 17.1 Å². The number of hydrogen-bond donors (Lipinski definition) is 1. The number of amides is 1. The molecule has 0 aliphatic heterocycles. The minimum Gasteiger partial charge on any atom is -0.493 e. The Morgan fingerprint density at radius 1 is 1.16 bits per heavy atom. The Labute approximate surface area is 183 Å². The number of ether oxygens (including phenoxy) is 1. The van der Waals surface area contributed by atoms with Crippen molar-refractivity contribution in [3.8, 4) is 17.2 Å². The van der Waals surface area contributed by atoms with Crippen LogP contribution < -0.4 is 10.1 Å². The van der Waals surface area contributed by atoms with Crippen LogP contribution >= 0.6 is 11.6 Å². The average molecular weight is 439 g/mol. The van der Waals surface area contributed by atoms with Crippen LogP contribution in [0, 0.1) is 11.7 Å². The van der Waals surface area contributed by atoms with Gasteiger partial charge in [-0.05, 0) is 60.5 Å². The molecule has 4 rings (SSSR count). The average Bonchev–Trinajstić information content (AvgIpc) is 3.15. The Bertz CT molecular complexity index is 1250. The lowest BCUT2D eigenvalue weighted by Crippen LogP contribution is -2.12. The fraction of sp³-hybridized carbons (Fsp3) is 0.167. The normalized spacial score (nSPS) is 11.1. The predicted octanol–water partition coefficient (Wildman–Crippen LogP) is 6.57. The summed E-state index contributed by atoms with van der Waals surface area (Å²) < 4.78 is 24.7. The molecule has 0 saturated heterocycles. The zero-order chi connectivity index (χ0) is 22.0. The molecular weight excluding hydrogens is 419 g/mol. The smallest absolute Gasteiger partial charge is 0.255 e. The van der Waals surface area contributed by atoms with Crippen molar-refractivity contribution in [1.29, 1.82) is 0 Å². The van der Waals surface area contributed by atoms with Crippen molar-refractivity contribution < 1.29 is 18.3 Å². The van der Waals surface area contributed by atoms with E-state index in [-0.39, 0.29) is 16.8 Å². The van der Waals surface area contributed by atoms with Crippen molar-refractivity contribution in [1.82, 2.24) is 4.98 Å². The maximum Gasteiger partial charge on any atom is 0.255 e. The van der Waals surface area contributed by atoms with Gasteiger partial charge in [-0.1, -0.05) is 31.5 Å². The van der Waals surface area contributed by atoms with E-state index in [9.17, 15) is 9.18 Å². The number of halogens is 2. The number of carbonyl (C=O) groups excluding carboxylic acids is 1. The van der Waals surface area contributed by atoms with E-state index in [0.29, 0.717) is 46.2 Å². The first-order valence-electron chi connectivity index (χ1n) is 9.79. The van der Waals surface area contributed by atoms with E-state index in [1.54, 1.807) is 36.4 Å². The second-order valence-corrected chi connectivity index (χ2v) is 7.92. The molecule has 158 valence electrons. The zero-order valence-electron chi connectivity index (χ0n) is 17.0. The third kappa shape index (κ3) is 4.86. The minimum atomic E-state index is -0.437. The van der Waals surface area contributed by atoms with Crippen LogP contribution in [0.2, 0.25) is 5.02 Å². The molecule has 1 N–H and O–H groups in total. The Morgan fingerprint density at radius 3 is 2.77 bits per heavy atom. The number of anilines is 1. The minimum absolute atomic E-state index is 0.208. The predicted molar refractivity (Wildman–Crippen MR) is 119 cm³/mol. The molecular formula is C24H20ClFN2O3. The van der Waals surface area contributed by atoms with Gasteiger partial charge >= 0.3 is 0 Å². The number of rotatable bonds is 6. The summed E-state index contributed by atoms with van der Waals surface area (Å²) in [5.41, 5.74) is 2.61. The molecule has 0 aliphatic rings. The van der Waals surface area contributed by atoms with Gasteiger partial charge in [0.15, 0.2) is 5.58 Å². The molecule has 31 heavy (non-hydrogen) atoms. The Morgan fingerprint density at radius 2 is 2.00 bits per heavy atom. The number of benzene rings is 3. The summed E-state index contributed by atoms with van der Waals surface area (Å²) in [6.07, 6.45) is 0. The van der Waals surface area contributed by atoms with Crippen LogP contribution in [0.5, 0.6) is 5.75 Å². The zero-order valence-corrected chi connectivity index (χ0v) is 17.7. The van der Waals surface area contributed by atoms with E-state index in [4.69, 9.17) is 20.8 Å². The molecule has 1 amide bonds. The molecule has 0 unspecified atom stereocenters. The second kappa shape index (κ2) is 8.78. The highest BCUT2D eigenvalue weighted by Gasteiger charge is 2.14. The summed E-state index contributed by atoms with van der Waals surface area (Å²) in [6.45, 7) is 4.70. The fourth-order valence-corrected chi connectivity index (χ4v) is 3.22. The summed E-state index contributed by atoms with van der Waals surface area (Å²) in [7, 11) is 0. The van der Waals surface area contributed by atoms with Crippen LogP contribution in [0.1, 0.15) is 24.2 Å². The van der Waals surface area contributed by atoms with Crippen LogP contribution in [0.3, 0.4) is 0 Å². The Balaban J connectivity index is 1.54. The summed E-state index contributed by atoms with van der Waals surface area (Å²) in [6, 6.07) is 16.2. The maximum absolute atomic E-state index is 13.3. The van der Waals surface area contributed by atoms with E-state index in [0.717, 1.165) is 0 Å². The van der Waals surface area contributed by atoms with E-state index in [1.165, 1.54) is 18.2 Å². The number of aromatic nitrogens is 1. The summed E-state index contributed by atoms with van der Waals surface area (Å²) in [4.78, 5) is 17.1. The molecule has 0 radical (unpaired) electrons. The number of hydrogen-bond acceptors (Lipinski definition) is 4. The third-order valence-corrected chi connectivity index (χ3v) is 4.80. The number of nitrogens with one attached hydrogen (secondary N) is 1. The van der Waals surface area contributed by atoms with E-state index < -0.39 is 5.82 Å². The van der Waals surface area contributed by atoms with Gasteiger partial charge in [-0.2, -0.15) is 0 Å². The van der Waals surface area contributed by atoms with Gasteiger partial charge in [-0.15, -0.1) is 0 Å². The summed E-state index contributed by atoms with van der Waals surface area (Å²) in [5, 5.41) is 3.07. The SMILES string of the molecule is CC(C)COc1cccc(C(=O)Nc2ccc3oc(-c4ccc(F)cc4Cl)nc3c2)c1. The highest BCUT2D eigenvalue weighted by molar-refractivity contribution is 6.33. The molecule has 0 fully saturated rings. The molecule has 0 aliphatic carbocycles. The first-order valence-corrected chi connectivity index (χ1v) is 10.2. The van der Waals surface area contributed by atoms with Gasteiger partial charge in [-0.3, -0.25) is 4.79 Å². The van der Waals surface area contributed by atoms with Crippen LogP contribution in [0.25, 0.3) is 22.6 Å². The first kappa shape index (κ1) is 20.9. The molecule has 0 bridgehead atoms. The summed E-state index contributed by atoms with van der Waals surface area (Å²) >= 11 is 6.10. The second-order valence-electron chi connectivity index (χ2n) is 7.51. The number of nitrogens with zero attached hydrogens (tertiary/aromatic N) is 1. The number of oxazole rings is 1. The molecule has 0 atom stereocenters. The van der Waals surface area contributed by atoms with Gasteiger partial charge in [0.25, 0.3) is 5.91 Å². The van der Waals surface area contributed by atoms with Crippen molar-refractivity contribution in [3.05, 3.63) is 77.1 Å². The molecule has 3 aromatic carbocycles. The monoisotopic (exact) mass is 438 g/mol. The largest absolute Gasteiger partial charge is 0.493 e. The standard InChI is InChI=1S/C24H20ClFN2O3/c1-14(2)13-30-18-5-3-4-15(10-18)23(29)27-17-7-9-22-21(12-17)28-24(31-22)19-8-6-16(26)11-20(19)25/h3-12,14H,13H2,1-2H3,(H,27,29). The lowest BCUT2D eigenvalue weighted by atomic mass is 10.2. The molecule has 1 heterocycles. The molecule has 1 aromatic heterocycles. The third-order valence-electron chi connectivity index (χ3n) is 4.49. The molecule has 7 heteroatoms. The van der Waals surface area contributed by atoms with Crippen molar-refractivity contribution in [2.75, 3.05) is 11.9 Å². The van der Waals surface area contributed by atoms with E-state index >= 15 is 0 Å². The number of fused-ring (bicyclic) bond motifs is 1. The lowest BCUT2D eigenvalue weighted by Gasteiger charge is -2.10. The van der Waals surface area contributed by atoms with E-state index in [2.05, 4.69) is 24.1 Å². The van der Waals surface area contributed by atoms with Crippen LogP contribution in [0.4, 0.5) is 10.1 Å². The number of carbonyl (C=O) groups is 1.